The average molecular weight is 539 g/mol. The van der Waals surface area contributed by atoms with Gasteiger partial charge in [-0.2, -0.15) is 0 Å². The van der Waals surface area contributed by atoms with Gasteiger partial charge < -0.3 is 19.9 Å². The number of rotatable bonds is 10. The van der Waals surface area contributed by atoms with Crippen LogP contribution in [-0.2, 0) is 26.0 Å². The minimum Gasteiger partial charge on any atom is -0.504 e. The fourth-order valence-corrected chi connectivity index (χ4v) is 5.15. The first kappa shape index (κ1) is 26.8. The fraction of sp³-hybridized carbons (Fsp3) is 0.222. The number of methoxy groups -OCH3 is 1. The molecule has 0 radical (unpaired) electrons. The lowest BCUT2D eigenvalue weighted by Gasteiger charge is -2.26. The summed E-state index contributed by atoms with van der Waals surface area (Å²) in [5.41, 5.74) is 1.19. The molecule has 0 saturated carbocycles. The number of nitrogens with zero attached hydrogens (tertiary/aromatic N) is 1. The number of phenols is 1. The smallest absolute Gasteiger partial charge is 0.264 e. The molecule has 0 aromatic heterocycles. The molecule has 1 aliphatic rings. The van der Waals surface area contributed by atoms with Crippen LogP contribution in [0.3, 0.4) is 0 Å². The van der Waals surface area contributed by atoms with Gasteiger partial charge in [0.15, 0.2) is 11.5 Å². The number of anilines is 1. The Bertz CT molecular complexity index is 1490. The van der Waals surface area contributed by atoms with Gasteiger partial charge in [0.1, 0.15) is 16.4 Å². The third kappa shape index (κ3) is 5.84. The standard InChI is InChI=1S/C27H26N2O8S/c1-36-23-12-11-18(13-22(23)30)21(16-38(2,34)35)29-26(32)19-9-6-10-20(25(19)27(29)33)28-24(31)15-37-14-17-7-4-3-5-8-17/h3-13,21,30H,14-16H2,1-2H3,(H,28,31)/t21-/m1/s1. The van der Waals surface area contributed by atoms with Gasteiger partial charge in [-0.15, -0.1) is 0 Å². The topological polar surface area (TPSA) is 139 Å². The first-order valence-electron chi connectivity index (χ1n) is 11.6. The van der Waals surface area contributed by atoms with Crippen molar-refractivity contribution in [3.8, 4) is 11.5 Å². The summed E-state index contributed by atoms with van der Waals surface area (Å²) in [5.74, 6) is -2.71. The van der Waals surface area contributed by atoms with Crippen LogP contribution < -0.4 is 10.1 Å². The number of aromatic hydroxyl groups is 1. The van der Waals surface area contributed by atoms with Crippen LogP contribution in [0.25, 0.3) is 0 Å². The van der Waals surface area contributed by atoms with Crippen LogP contribution in [0.4, 0.5) is 5.69 Å². The second kappa shape index (κ2) is 11.0. The van der Waals surface area contributed by atoms with E-state index in [1.165, 1.54) is 43.5 Å². The molecule has 3 amide bonds. The van der Waals surface area contributed by atoms with Crippen molar-refractivity contribution < 1.29 is 37.4 Å². The van der Waals surface area contributed by atoms with Gasteiger partial charge in [-0.25, -0.2) is 8.42 Å². The Morgan fingerprint density at radius 2 is 1.76 bits per heavy atom. The molecule has 0 aliphatic carbocycles. The van der Waals surface area contributed by atoms with Gasteiger partial charge in [0.2, 0.25) is 5.91 Å². The van der Waals surface area contributed by atoms with Crippen LogP contribution in [0.5, 0.6) is 11.5 Å². The van der Waals surface area contributed by atoms with E-state index >= 15 is 0 Å². The number of hydrogen-bond donors (Lipinski definition) is 2. The molecule has 0 bridgehead atoms. The minimum atomic E-state index is -3.68. The molecule has 0 fully saturated rings. The van der Waals surface area contributed by atoms with E-state index in [2.05, 4.69) is 5.32 Å². The van der Waals surface area contributed by atoms with E-state index in [0.717, 1.165) is 16.7 Å². The van der Waals surface area contributed by atoms with Crippen LogP contribution in [0.2, 0.25) is 0 Å². The third-order valence-corrected chi connectivity index (χ3v) is 6.85. The Morgan fingerprint density at radius 1 is 1.03 bits per heavy atom. The first-order chi connectivity index (χ1) is 18.1. The van der Waals surface area contributed by atoms with Crippen LogP contribution in [0.1, 0.15) is 37.9 Å². The molecule has 3 aromatic carbocycles. The Kier molecular flexibility index (Phi) is 7.79. The number of nitrogens with one attached hydrogen (secondary N) is 1. The van der Waals surface area contributed by atoms with Gasteiger partial charge in [0, 0.05) is 6.26 Å². The molecule has 198 valence electrons. The van der Waals surface area contributed by atoms with Gasteiger partial charge in [0.05, 0.1) is 42.3 Å². The fourth-order valence-electron chi connectivity index (χ4n) is 4.23. The normalized spacial score (nSPS) is 13.8. The highest BCUT2D eigenvalue weighted by Crippen LogP contribution is 2.38. The molecule has 1 heterocycles. The summed E-state index contributed by atoms with van der Waals surface area (Å²) in [7, 11) is -2.32. The van der Waals surface area contributed by atoms with Crippen LogP contribution >= 0.6 is 0 Å². The van der Waals surface area contributed by atoms with E-state index in [1.54, 1.807) is 0 Å². The van der Waals surface area contributed by atoms with Crippen molar-refractivity contribution in [2.24, 2.45) is 0 Å². The summed E-state index contributed by atoms with van der Waals surface area (Å²) >= 11 is 0. The molecule has 1 atom stereocenters. The number of benzene rings is 3. The van der Waals surface area contributed by atoms with Gasteiger partial charge in [0.25, 0.3) is 11.8 Å². The zero-order valence-electron chi connectivity index (χ0n) is 20.7. The number of amides is 3. The van der Waals surface area contributed by atoms with Crippen LogP contribution in [0.15, 0.2) is 66.7 Å². The molecule has 2 N–H and O–H groups in total. The summed E-state index contributed by atoms with van der Waals surface area (Å²) in [6.45, 7) is -0.0690. The number of imide groups is 1. The first-order valence-corrected chi connectivity index (χ1v) is 13.6. The van der Waals surface area contributed by atoms with Crippen molar-refractivity contribution >= 4 is 33.2 Å². The van der Waals surface area contributed by atoms with E-state index in [9.17, 15) is 27.9 Å². The van der Waals surface area contributed by atoms with Crippen molar-refractivity contribution in [1.29, 1.82) is 0 Å². The largest absolute Gasteiger partial charge is 0.504 e. The van der Waals surface area contributed by atoms with E-state index in [-0.39, 0.29) is 47.1 Å². The molecule has 3 aromatic rings. The average Bonchev–Trinajstić information content (AvgIpc) is 3.13. The van der Waals surface area contributed by atoms with E-state index in [0.29, 0.717) is 0 Å². The number of fused-ring (bicyclic) bond motifs is 1. The minimum absolute atomic E-state index is 0.0224. The van der Waals surface area contributed by atoms with Gasteiger partial charge in [-0.1, -0.05) is 42.5 Å². The zero-order valence-corrected chi connectivity index (χ0v) is 21.5. The number of carbonyl (C=O) groups is 3. The van der Waals surface area contributed by atoms with Gasteiger partial charge in [-0.3, -0.25) is 19.3 Å². The summed E-state index contributed by atoms with van der Waals surface area (Å²) in [5, 5.41) is 12.9. The maximum Gasteiger partial charge on any atom is 0.264 e. The summed E-state index contributed by atoms with van der Waals surface area (Å²) in [4.78, 5) is 40.3. The summed E-state index contributed by atoms with van der Waals surface area (Å²) in [6.07, 6.45) is 0.989. The summed E-state index contributed by atoms with van der Waals surface area (Å²) < 4.78 is 35.0. The highest BCUT2D eigenvalue weighted by atomic mass is 32.2. The molecule has 4 rings (SSSR count). The number of carbonyl (C=O) groups excluding carboxylic acids is 3. The highest BCUT2D eigenvalue weighted by Gasteiger charge is 2.43. The molecule has 38 heavy (non-hydrogen) atoms. The van der Waals surface area contributed by atoms with E-state index in [1.807, 2.05) is 30.3 Å². The molecule has 0 spiro atoms. The lowest BCUT2D eigenvalue weighted by atomic mass is 10.1. The second-order valence-electron chi connectivity index (χ2n) is 8.77. The second-order valence-corrected chi connectivity index (χ2v) is 11.0. The highest BCUT2D eigenvalue weighted by molar-refractivity contribution is 7.90. The molecule has 11 heteroatoms. The lowest BCUT2D eigenvalue weighted by Crippen LogP contribution is -2.37. The summed E-state index contributed by atoms with van der Waals surface area (Å²) in [6, 6.07) is 16.6. The SMILES string of the molecule is COc1ccc([C@@H](CS(C)(=O)=O)N2C(=O)c3cccc(NC(=O)COCc4ccccc4)c3C2=O)cc1O. The van der Waals surface area contributed by atoms with Crippen molar-refractivity contribution in [2.75, 3.05) is 31.0 Å². The molecule has 0 saturated heterocycles. The number of sulfone groups is 1. The number of ether oxygens (including phenoxy) is 2. The van der Waals surface area contributed by atoms with Crippen LogP contribution in [-0.4, -0.2) is 61.9 Å². The van der Waals surface area contributed by atoms with E-state index < -0.39 is 39.4 Å². The predicted octanol–water partition coefficient (Wildman–Crippen LogP) is 2.94. The molecule has 1 aliphatic heterocycles. The maximum absolute atomic E-state index is 13.6. The van der Waals surface area contributed by atoms with Crippen LogP contribution in [0, 0.1) is 0 Å². The lowest BCUT2D eigenvalue weighted by molar-refractivity contribution is -0.121. The van der Waals surface area contributed by atoms with Gasteiger partial charge in [-0.05, 0) is 35.4 Å². The Labute approximate surface area is 219 Å². The van der Waals surface area contributed by atoms with E-state index in [4.69, 9.17) is 9.47 Å². The Hall–Kier alpha value is -4.22. The maximum atomic E-state index is 13.6. The van der Waals surface area contributed by atoms with Crippen molar-refractivity contribution in [3.63, 3.8) is 0 Å². The number of phenolic OH excluding ortho intramolecular Hbond substituents is 1. The van der Waals surface area contributed by atoms with Crippen molar-refractivity contribution in [1.82, 2.24) is 4.90 Å². The zero-order chi connectivity index (χ0) is 27.4. The predicted molar refractivity (Wildman–Crippen MR) is 139 cm³/mol. The van der Waals surface area contributed by atoms with Gasteiger partial charge >= 0.3 is 0 Å². The molecular formula is C27H26N2O8S. The van der Waals surface area contributed by atoms with Crippen molar-refractivity contribution in [3.05, 3.63) is 89.0 Å². The molecular weight excluding hydrogens is 512 g/mol. The quantitative estimate of drug-likeness (QED) is 0.376. The monoisotopic (exact) mass is 538 g/mol. The third-order valence-electron chi connectivity index (χ3n) is 5.93. The molecule has 10 nitrogen and oxygen atoms in total. The van der Waals surface area contributed by atoms with Crippen molar-refractivity contribution in [2.45, 2.75) is 12.6 Å². The Balaban J connectivity index is 1.59. The Morgan fingerprint density at radius 3 is 2.42 bits per heavy atom. The number of hydrogen-bond acceptors (Lipinski definition) is 8. The molecule has 0 unspecified atom stereocenters.